The maximum Gasteiger partial charge on any atom is 0.331 e. The molecule has 0 fully saturated rings. The number of benzene rings is 1. The molecule has 0 atom stereocenters. The summed E-state index contributed by atoms with van der Waals surface area (Å²) in [6.45, 7) is 5.59. The number of nitrogens with zero attached hydrogens (tertiary/aromatic N) is 3. The standard InChI is InChI=1S/C26H31N5O5/c1-4-5-14-30(23-24(27)31(15-17(2)3)26(35)29-25(23)34)20(32)16-36-21(33)12-11-19-9-6-8-18-10-7-13-28-22(18)19/h6-13,17H,4-5,14-16,27H2,1-3H3,(H,29,34,35)/b12-11+. The van der Waals surface area contributed by atoms with Crippen LogP contribution in [-0.4, -0.2) is 39.6 Å². The number of pyridine rings is 1. The lowest BCUT2D eigenvalue weighted by Crippen LogP contribution is -2.43. The lowest BCUT2D eigenvalue weighted by Gasteiger charge is -2.24. The summed E-state index contributed by atoms with van der Waals surface area (Å²) < 4.78 is 6.40. The summed E-state index contributed by atoms with van der Waals surface area (Å²) in [4.78, 5) is 58.1. The van der Waals surface area contributed by atoms with Crippen LogP contribution in [0.25, 0.3) is 17.0 Å². The number of fused-ring (bicyclic) bond motifs is 1. The number of ether oxygens (including phenoxy) is 1. The van der Waals surface area contributed by atoms with Gasteiger partial charge in [-0.1, -0.05) is 51.5 Å². The zero-order valence-corrected chi connectivity index (χ0v) is 20.7. The van der Waals surface area contributed by atoms with Crippen LogP contribution in [0.3, 0.4) is 0 Å². The summed E-state index contributed by atoms with van der Waals surface area (Å²) in [7, 11) is 0. The fourth-order valence-corrected chi connectivity index (χ4v) is 3.74. The molecule has 0 aliphatic rings. The molecule has 3 N–H and O–H groups in total. The molecule has 0 bridgehead atoms. The highest BCUT2D eigenvalue weighted by Crippen LogP contribution is 2.19. The number of anilines is 2. The number of hydrogen-bond donors (Lipinski definition) is 2. The van der Waals surface area contributed by atoms with E-state index < -0.39 is 29.7 Å². The average Bonchev–Trinajstić information content (AvgIpc) is 2.85. The molecule has 190 valence electrons. The van der Waals surface area contributed by atoms with E-state index in [0.717, 1.165) is 22.9 Å². The van der Waals surface area contributed by atoms with E-state index in [4.69, 9.17) is 10.5 Å². The summed E-state index contributed by atoms with van der Waals surface area (Å²) in [5, 5.41) is 0.927. The number of carbonyl (C=O) groups excluding carboxylic acids is 2. The van der Waals surface area contributed by atoms with Crippen LogP contribution >= 0.6 is 0 Å². The molecule has 0 unspecified atom stereocenters. The van der Waals surface area contributed by atoms with Gasteiger partial charge in [-0.3, -0.25) is 24.1 Å². The smallest absolute Gasteiger partial charge is 0.331 e. The molecule has 0 aliphatic heterocycles. The van der Waals surface area contributed by atoms with Crippen molar-refractivity contribution < 1.29 is 14.3 Å². The second-order valence-electron chi connectivity index (χ2n) is 8.76. The number of amides is 1. The Bertz CT molecular complexity index is 1380. The Morgan fingerprint density at radius 2 is 1.97 bits per heavy atom. The minimum atomic E-state index is -0.767. The van der Waals surface area contributed by atoms with Gasteiger partial charge in [0.1, 0.15) is 5.82 Å². The summed E-state index contributed by atoms with van der Waals surface area (Å²) in [6.07, 6.45) is 5.78. The van der Waals surface area contributed by atoms with Gasteiger partial charge < -0.3 is 15.4 Å². The largest absolute Gasteiger partial charge is 0.452 e. The summed E-state index contributed by atoms with van der Waals surface area (Å²) in [5.41, 5.74) is 6.11. The third kappa shape index (κ3) is 6.26. The molecule has 2 aromatic heterocycles. The molecule has 0 radical (unpaired) electrons. The Morgan fingerprint density at radius 1 is 1.22 bits per heavy atom. The fourth-order valence-electron chi connectivity index (χ4n) is 3.74. The van der Waals surface area contributed by atoms with Gasteiger partial charge in [0, 0.05) is 36.3 Å². The van der Waals surface area contributed by atoms with E-state index in [2.05, 4.69) is 9.97 Å². The maximum absolute atomic E-state index is 13.0. The summed E-state index contributed by atoms with van der Waals surface area (Å²) in [5.74, 6) is -1.37. The highest BCUT2D eigenvalue weighted by atomic mass is 16.5. The van der Waals surface area contributed by atoms with Crippen molar-refractivity contribution in [1.29, 1.82) is 0 Å². The average molecular weight is 494 g/mol. The topological polar surface area (TPSA) is 140 Å². The van der Waals surface area contributed by atoms with Gasteiger partial charge >= 0.3 is 11.7 Å². The third-order valence-electron chi connectivity index (χ3n) is 5.47. The lowest BCUT2D eigenvalue weighted by atomic mass is 10.1. The van der Waals surface area contributed by atoms with Crippen LogP contribution in [0.1, 0.15) is 39.2 Å². The monoisotopic (exact) mass is 493 g/mol. The number of carbonyl (C=O) groups is 2. The number of hydrogen-bond acceptors (Lipinski definition) is 7. The maximum atomic E-state index is 13.0. The molecule has 0 saturated heterocycles. The van der Waals surface area contributed by atoms with E-state index in [9.17, 15) is 19.2 Å². The van der Waals surface area contributed by atoms with E-state index in [-0.39, 0.29) is 30.5 Å². The van der Waals surface area contributed by atoms with Crippen LogP contribution in [0.2, 0.25) is 0 Å². The number of nitrogens with two attached hydrogens (primary N) is 1. The highest BCUT2D eigenvalue weighted by Gasteiger charge is 2.25. The van der Waals surface area contributed by atoms with Gasteiger partial charge in [0.05, 0.1) is 5.52 Å². The van der Waals surface area contributed by atoms with Gasteiger partial charge in [0.15, 0.2) is 12.3 Å². The molecule has 3 rings (SSSR count). The summed E-state index contributed by atoms with van der Waals surface area (Å²) in [6, 6.07) is 9.33. The Labute approximate surface area is 208 Å². The number of H-pyrrole nitrogens is 1. The molecule has 10 nitrogen and oxygen atoms in total. The van der Waals surface area contributed by atoms with Crippen LogP contribution in [0.5, 0.6) is 0 Å². The van der Waals surface area contributed by atoms with Gasteiger partial charge in [-0.2, -0.15) is 0 Å². The molecule has 0 spiro atoms. The van der Waals surface area contributed by atoms with Crippen molar-refractivity contribution in [2.45, 2.75) is 40.2 Å². The predicted molar refractivity (Wildman–Crippen MR) is 140 cm³/mol. The minimum absolute atomic E-state index is 0.0771. The van der Waals surface area contributed by atoms with Gasteiger partial charge in [-0.15, -0.1) is 0 Å². The molecule has 36 heavy (non-hydrogen) atoms. The first-order valence-corrected chi connectivity index (χ1v) is 11.8. The molecule has 2 heterocycles. The molecule has 0 aliphatic carbocycles. The van der Waals surface area contributed by atoms with Gasteiger partial charge in [-0.25, -0.2) is 9.59 Å². The first-order chi connectivity index (χ1) is 17.2. The molecular weight excluding hydrogens is 462 g/mol. The van der Waals surface area contributed by atoms with Crippen molar-refractivity contribution in [3.8, 4) is 0 Å². The molecule has 1 amide bonds. The summed E-state index contributed by atoms with van der Waals surface area (Å²) >= 11 is 0. The van der Waals surface area contributed by atoms with Gasteiger partial charge in [-0.05, 0) is 24.5 Å². The number of nitrogen functional groups attached to an aromatic ring is 1. The molecule has 3 aromatic rings. The highest BCUT2D eigenvalue weighted by molar-refractivity contribution is 5.98. The second kappa shape index (κ2) is 12.0. The van der Waals surface area contributed by atoms with Crippen LogP contribution in [0.15, 0.2) is 52.2 Å². The van der Waals surface area contributed by atoms with E-state index in [0.29, 0.717) is 6.42 Å². The zero-order chi connectivity index (χ0) is 26.2. The first kappa shape index (κ1) is 26.4. The van der Waals surface area contributed by atoms with Crippen LogP contribution in [-0.2, 0) is 20.9 Å². The number of unbranched alkanes of at least 4 members (excludes halogenated alkanes) is 1. The molecule has 10 heteroatoms. The van der Waals surface area contributed by atoms with Crippen molar-refractivity contribution in [3.05, 3.63) is 69.0 Å². The fraction of sp³-hybridized carbons (Fsp3) is 0.346. The Hall–Kier alpha value is -4.21. The van der Waals surface area contributed by atoms with E-state index >= 15 is 0 Å². The number of aromatic amines is 1. The number of para-hydroxylation sites is 1. The zero-order valence-electron chi connectivity index (χ0n) is 20.7. The van der Waals surface area contributed by atoms with E-state index in [1.54, 1.807) is 12.3 Å². The minimum Gasteiger partial charge on any atom is -0.452 e. The number of aromatic nitrogens is 3. The Balaban J connectivity index is 1.79. The van der Waals surface area contributed by atoms with Crippen molar-refractivity contribution >= 4 is 40.4 Å². The molecule has 1 aromatic carbocycles. The van der Waals surface area contributed by atoms with Crippen LogP contribution in [0.4, 0.5) is 11.5 Å². The molecule has 0 saturated carbocycles. The SMILES string of the molecule is CCCCN(C(=O)COC(=O)/C=C/c1cccc2cccnc12)c1c(N)n(CC(C)C)c(=O)[nH]c1=O. The Kier molecular flexibility index (Phi) is 8.77. The lowest BCUT2D eigenvalue weighted by molar-refractivity contribution is -0.142. The van der Waals surface area contributed by atoms with E-state index in [1.807, 2.05) is 51.1 Å². The second-order valence-corrected chi connectivity index (χ2v) is 8.76. The van der Waals surface area contributed by atoms with Crippen LogP contribution < -0.4 is 21.9 Å². The van der Waals surface area contributed by atoms with Crippen LogP contribution in [0, 0.1) is 5.92 Å². The molecular formula is C26H31N5O5. The van der Waals surface area contributed by atoms with Gasteiger partial charge in [0.2, 0.25) is 0 Å². The van der Waals surface area contributed by atoms with Crippen molar-refractivity contribution in [3.63, 3.8) is 0 Å². The first-order valence-electron chi connectivity index (χ1n) is 11.8. The predicted octanol–water partition coefficient (Wildman–Crippen LogP) is 2.71. The third-order valence-corrected chi connectivity index (χ3v) is 5.47. The Morgan fingerprint density at radius 3 is 2.69 bits per heavy atom. The number of esters is 1. The van der Waals surface area contributed by atoms with Crippen molar-refractivity contribution in [2.75, 3.05) is 23.8 Å². The van der Waals surface area contributed by atoms with Gasteiger partial charge in [0.25, 0.3) is 11.5 Å². The number of rotatable bonds is 10. The van der Waals surface area contributed by atoms with E-state index in [1.165, 1.54) is 15.5 Å². The van der Waals surface area contributed by atoms with Crippen molar-refractivity contribution in [1.82, 2.24) is 14.5 Å². The quantitative estimate of drug-likeness (QED) is 0.327. The van der Waals surface area contributed by atoms with Crippen molar-refractivity contribution in [2.24, 2.45) is 5.92 Å². The normalized spacial score (nSPS) is 11.3. The number of nitrogens with one attached hydrogen (secondary N) is 1.